The number of hydrogen-bond donors (Lipinski definition) is 0. The first kappa shape index (κ1) is 22.9. The van der Waals surface area contributed by atoms with Crippen molar-refractivity contribution in [3.8, 4) is 0 Å². The second kappa shape index (κ2) is 7.14. The summed E-state index contributed by atoms with van der Waals surface area (Å²) in [6.45, 7) is 0. The summed E-state index contributed by atoms with van der Waals surface area (Å²) in [5, 5.41) is 15.5. The number of carbonyl (C=O) groups is 1. The van der Waals surface area contributed by atoms with Crippen LogP contribution in [0.15, 0.2) is 28.0 Å². The van der Waals surface area contributed by atoms with Crippen LogP contribution in [-0.4, -0.2) is 42.4 Å². The number of benzene rings is 1. The molecule has 0 aliphatic heterocycles. The molecule has 0 heterocycles. The van der Waals surface area contributed by atoms with Gasteiger partial charge in [-0.05, 0) is 23.9 Å². The van der Waals surface area contributed by atoms with Crippen LogP contribution in [-0.2, 0) is 14.6 Å². The number of nitro groups is 1. The molecular formula is C11H5F7NO6S2-. The van der Waals surface area contributed by atoms with Crippen LogP contribution < -0.4 is 5.11 Å². The van der Waals surface area contributed by atoms with E-state index >= 15 is 0 Å². The Labute approximate surface area is 149 Å². The fourth-order valence-corrected chi connectivity index (χ4v) is 3.62. The molecular weight excluding hydrogens is 439 g/mol. The van der Waals surface area contributed by atoms with Gasteiger partial charge in [-0.2, -0.15) is 30.7 Å². The molecule has 0 bridgehead atoms. The maximum absolute atomic E-state index is 13.3. The van der Waals surface area contributed by atoms with Gasteiger partial charge >= 0.3 is 17.4 Å². The van der Waals surface area contributed by atoms with Gasteiger partial charge in [-0.15, -0.1) is 0 Å². The smallest absolute Gasteiger partial charge is 0.460 e. The molecule has 0 spiro atoms. The normalized spacial score (nSPS) is 13.4. The van der Waals surface area contributed by atoms with Crippen LogP contribution >= 0.6 is 11.8 Å². The Morgan fingerprint density at radius 2 is 1.63 bits per heavy atom. The summed E-state index contributed by atoms with van der Waals surface area (Å²) in [5.41, 5.74) is -1.49. The number of carbonyl (C=O) groups excluding carboxylic acids is 1. The molecule has 0 saturated heterocycles. The summed E-state index contributed by atoms with van der Waals surface area (Å²) in [6, 6.07) is 0.536. The zero-order valence-electron chi connectivity index (χ0n) is 12.3. The first-order chi connectivity index (χ1) is 11.9. The molecule has 7 nitrogen and oxygen atoms in total. The molecule has 0 fully saturated rings. The number of sulfone groups is 1. The fraction of sp³-hybridized carbons (Fsp3) is 0.364. The van der Waals surface area contributed by atoms with E-state index in [4.69, 9.17) is 0 Å². The van der Waals surface area contributed by atoms with Crippen molar-refractivity contribution in [1.29, 1.82) is 0 Å². The zero-order valence-corrected chi connectivity index (χ0v) is 13.9. The van der Waals surface area contributed by atoms with Gasteiger partial charge < -0.3 is 9.90 Å². The Morgan fingerprint density at radius 1 is 1.11 bits per heavy atom. The lowest BCUT2D eigenvalue weighted by Gasteiger charge is -2.27. The molecule has 0 aliphatic carbocycles. The van der Waals surface area contributed by atoms with E-state index in [1.165, 1.54) is 0 Å². The van der Waals surface area contributed by atoms with Crippen molar-refractivity contribution in [2.45, 2.75) is 27.1 Å². The van der Waals surface area contributed by atoms with Gasteiger partial charge in [0, 0.05) is 11.0 Å². The van der Waals surface area contributed by atoms with Crippen molar-refractivity contribution in [2.24, 2.45) is 0 Å². The van der Waals surface area contributed by atoms with E-state index in [-0.39, 0.29) is 12.1 Å². The van der Waals surface area contributed by atoms with Crippen LogP contribution in [0.4, 0.5) is 36.4 Å². The van der Waals surface area contributed by atoms with Gasteiger partial charge in [-0.3, -0.25) is 10.1 Å². The van der Waals surface area contributed by atoms with Crippen molar-refractivity contribution in [1.82, 2.24) is 0 Å². The first-order valence-corrected chi connectivity index (χ1v) is 8.61. The number of hydrogen-bond acceptors (Lipinski definition) is 7. The maximum atomic E-state index is 13.3. The van der Waals surface area contributed by atoms with Gasteiger partial charge in [0.1, 0.15) is 4.90 Å². The summed E-state index contributed by atoms with van der Waals surface area (Å²) < 4.78 is 112. The Hall–Kier alpha value is -2.10. The highest BCUT2D eigenvalue weighted by Gasteiger charge is 2.73. The number of rotatable bonds is 7. The summed E-state index contributed by atoms with van der Waals surface area (Å²) >= 11 is -1.39. The molecule has 0 aliphatic rings. The van der Waals surface area contributed by atoms with Crippen LogP contribution in [0, 0.1) is 10.1 Å². The number of thioether (sulfide) groups is 1. The van der Waals surface area contributed by atoms with Crippen LogP contribution in [0.1, 0.15) is 0 Å². The largest absolute Gasteiger partial charge is 0.549 e. The quantitative estimate of drug-likeness (QED) is 0.273. The average molecular weight is 444 g/mol. The van der Waals surface area contributed by atoms with Gasteiger partial charge in [-0.1, -0.05) is 0 Å². The Balaban J connectivity index is 3.41. The summed E-state index contributed by atoms with van der Waals surface area (Å²) in [4.78, 5) is 17.3. The Bertz CT molecular complexity index is 868. The van der Waals surface area contributed by atoms with Crippen molar-refractivity contribution in [2.75, 3.05) is 5.75 Å². The minimum atomic E-state index is -6.63. The zero-order chi connectivity index (χ0) is 21.4. The number of halogens is 7. The lowest BCUT2D eigenvalue weighted by atomic mass is 10.3. The summed E-state index contributed by atoms with van der Waals surface area (Å²) in [6.07, 6.45) is -6.63. The molecule has 1 rings (SSSR count). The Morgan fingerprint density at radius 3 is 2.04 bits per heavy atom. The molecule has 0 amide bonds. The van der Waals surface area contributed by atoms with Crippen molar-refractivity contribution >= 4 is 33.3 Å². The molecule has 1 aromatic rings. The molecule has 0 radical (unpaired) electrons. The minimum Gasteiger partial charge on any atom is -0.549 e. The topological polar surface area (TPSA) is 117 Å². The Kier molecular flexibility index (Phi) is 6.07. The maximum Gasteiger partial charge on any atom is 0.460 e. The van der Waals surface area contributed by atoms with E-state index in [2.05, 4.69) is 0 Å². The minimum absolute atomic E-state index is 0.00714. The second-order valence-corrected chi connectivity index (χ2v) is 7.85. The molecule has 152 valence electrons. The van der Waals surface area contributed by atoms with Crippen molar-refractivity contribution in [3.05, 3.63) is 28.3 Å². The number of carboxylic acid groups (broad SMARTS) is 1. The van der Waals surface area contributed by atoms with Crippen LogP contribution in [0.5, 0.6) is 0 Å². The van der Waals surface area contributed by atoms with E-state index < -0.39 is 71.1 Å². The number of nitro benzene ring substituents is 1. The molecule has 0 atom stereocenters. The van der Waals surface area contributed by atoms with Crippen LogP contribution in [0.25, 0.3) is 0 Å². The van der Waals surface area contributed by atoms with E-state index in [9.17, 15) is 59.2 Å². The lowest BCUT2D eigenvalue weighted by Crippen LogP contribution is -2.49. The number of nitrogens with zero attached hydrogens (tertiary/aromatic N) is 1. The van der Waals surface area contributed by atoms with Gasteiger partial charge in [0.05, 0.1) is 16.6 Å². The van der Waals surface area contributed by atoms with Gasteiger partial charge in [-0.25, -0.2) is 8.42 Å². The average Bonchev–Trinajstić information content (AvgIpc) is 2.43. The standard InChI is InChI=1S/C11H6F7NO6S2/c12-9(13,10(14,15)16)11(17,18)26-5-1-2-7(6(3-5)19(22)23)27(24,25)4-8(20)21/h1-3H,4H2,(H,20,21)/p-1. The molecule has 1 aromatic carbocycles. The third-order valence-electron chi connectivity index (χ3n) is 2.74. The summed E-state index contributed by atoms with van der Waals surface area (Å²) in [7, 11) is -4.88. The molecule has 0 N–H and O–H groups in total. The van der Waals surface area contributed by atoms with Crippen LogP contribution in [0.3, 0.4) is 0 Å². The first-order valence-electron chi connectivity index (χ1n) is 6.15. The lowest BCUT2D eigenvalue weighted by molar-refractivity contribution is -0.388. The van der Waals surface area contributed by atoms with Gasteiger partial charge in [0.25, 0.3) is 5.69 Å². The highest BCUT2D eigenvalue weighted by Crippen LogP contribution is 2.54. The number of aliphatic carboxylic acids is 1. The number of alkyl halides is 7. The third-order valence-corrected chi connectivity index (χ3v) is 5.37. The SMILES string of the molecule is O=C([O-])CS(=O)(=O)c1ccc(SC(F)(F)C(F)(F)C(F)(F)F)cc1[N+](=O)[O-]. The van der Waals surface area contributed by atoms with Crippen molar-refractivity contribution < 1.29 is 54.0 Å². The van der Waals surface area contributed by atoms with E-state index in [0.717, 1.165) is 0 Å². The molecule has 0 unspecified atom stereocenters. The van der Waals surface area contributed by atoms with E-state index in [1.54, 1.807) is 0 Å². The van der Waals surface area contributed by atoms with Crippen LogP contribution in [0.2, 0.25) is 0 Å². The monoisotopic (exact) mass is 444 g/mol. The second-order valence-electron chi connectivity index (χ2n) is 4.71. The molecule has 0 saturated carbocycles. The molecule has 16 heteroatoms. The van der Waals surface area contributed by atoms with Gasteiger partial charge in [0.15, 0.2) is 9.84 Å². The summed E-state index contributed by atoms with van der Waals surface area (Å²) in [5.74, 6) is -10.4. The predicted molar refractivity (Wildman–Crippen MR) is 72.0 cm³/mol. The number of carboxylic acids is 1. The van der Waals surface area contributed by atoms with Gasteiger partial charge in [0.2, 0.25) is 0 Å². The van der Waals surface area contributed by atoms with E-state index in [1.807, 2.05) is 0 Å². The van der Waals surface area contributed by atoms with E-state index in [0.29, 0.717) is 6.07 Å². The van der Waals surface area contributed by atoms with Crippen molar-refractivity contribution in [3.63, 3.8) is 0 Å². The fourth-order valence-electron chi connectivity index (χ4n) is 1.58. The molecule has 27 heavy (non-hydrogen) atoms. The predicted octanol–water partition coefficient (Wildman–Crippen LogP) is 2.00. The molecule has 0 aromatic heterocycles. The third kappa shape index (κ3) is 4.79. The highest BCUT2D eigenvalue weighted by atomic mass is 32.2. The highest BCUT2D eigenvalue weighted by molar-refractivity contribution is 8.00.